The fourth-order valence-electron chi connectivity index (χ4n) is 0.772. The fraction of sp³-hybridized carbons (Fsp3) is 0.429. The van der Waals surface area contributed by atoms with E-state index in [4.69, 9.17) is 16.1 Å². The van der Waals surface area contributed by atoms with Gasteiger partial charge in [0.2, 0.25) is 0 Å². The Bertz CT molecular complexity index is 328. The number of aromatic nitrogens is 1. The van der Waals surface area contributed by atoms with E-state index in [-0.39, 0.29) is 5.82 Å². The number of aliphatic hydroxyl groups is 1. The molecule has 13 heavy (non-hydrogen) atoms. The molecule has 0 fully saturated rings. The number of hydrogen-bond donors (Lipinski definition) is 3. The lowest BCUT2D eigenvalue weighted by Crippen LogP contribution is -2.15. The van der Waals surface area contributed by atoms with Crippen molar-refractivity contribution in [2.24, 2.45) is 0 Å². The van der Waals surface area contributed by atoms with E-state index < -0.39 is 6.10 Å². The van der Waals surface area contributed by atoms with Crippen LogP contribution in [0.2, 0.25) is 0 Å². The molecule has 0 radical (unpaired) electrons. The lowest BCUT2D eigenvalue weighted by Gasteiger charge is -2.04. The van der Waals surface area contributed by atoms with Crippen molar-refractivity contribution in [3.63, 3.8) is 0 Å². The highest BCUT2D eigenvalue weighted by Crippen LogP contribution is 2.25. The van der Waals surface area contributed by atoms with Crippen LogP contribution >= 0.6 is 11.5 Å². The summed E-state index contributed by atoms with van der Waals surface area (Å²) >= 11 is 1.12. The molecule has 0 aliphatic carbocycles. The van der Waals surface area contributed by atoms with E-state index in [9.17, 15) is 0 Å². The average Bonchev–Trinajstić information content (AvgIpc) is 2.42. The van der Waals surface area contributed by atoms with Crippen molar-refractivity contribution in [2.75, 3.05) is 17.6 Å². The summed E-state index contributed by atoms with van der Waals surface area (Å²) in [5.41, 5.74) is 5.79. The molecule has 0 aliphatic rings. The Morgan fingerprint density at radius 1 is 1.85 bits per heavy atom. The van der Waals surface area contributed by atoms with Gasteiger partial charge in [-0.25, -0.2) is 0 Å². The third kappa shape index (κ3) is 2.31. The SMILES string of the molecule is CC(O)CNc1snc(N)c1C#N. The molecule has 0 bridgehead atoms. The largest absolute Gasteiger partial charge is 0.392 e. The highest BCUT2D eigenvalue weighted by atomic mass is 32.1. The van der Waals surface area contributed by atoms with Gasteiger partial charge in [-0.15, -0.1) is 0 Å². The molecule has 0 aliphatic heterocycles. The summed E-state index contributed by atoms with van der Waals surface area (Å²) in [5, 5.41) is 21.2. The van der Waals surface area contributed by atoms with Crippen molar-refractivity contribution in [3.05, 3.63) is 5.56 Å². The second-order valence-corrected chi connectivity index (χ2v) is 3.39. The van der Waals surface area contributed by atoms with Crippen molar-refractivity contribution in [2.45, 2.75) is 13.0 Å². The molecule has 70 valence electrons. The number of hydrogen-bond acceptors (Lipinski definition) is 6. The molecule has 1 aromatic rings. The zero-order valence-corrected chi connectivity index (χ0v) is 7.93. The normalized spacial score (nSPS) is 12.1. The smallest absolute Gasteiger partial charge is 0.157 e. The van der Waals surface area contributed by atoms with Crippen LogP contribution in [0.25, 0.3) is 0 Å². The van der Waals surface area contributed by atoms with Crippen LogP contribution in [0.3, 0.4) is 0 Å². The molecule has 1 atom stereocenters. The highest BCUT2D eigenvalue weighted by molar-refractivity contribution is 7.10. The molecule has 0 spiro atoms. The predicted molar refractivity (Wildman–Crippen MR) is 51.4 cm³/mol. The van der Waals surface area contributed by atoms with E-state index in [2.05, 4.69) is 9.69 Å². The van der Waals surface area contributed by atoms with E-state index in [1.807, 2.05) is 6.07 Å². The van der Waals surface area contributed by atoms with E-state index in [1.54, 1.807) is 6.92 Å². The van der Waals surface area contributed by atoms with Gasteiger partial charge in [0.25, 0.3) is 0 Å². The van der Waals surface area contributed by atoms with Crippen molar-refractivity contribution >= 4 is 22.4 Å². The van der Waals surface area contributed by atoms with E-state index in [0.29, 0.717) is 17.1 Å². The average molecular weight is 198 g/mol. The molecular weight excluding hydrogens is 188 g/mol. The maximum atomic E-state index is 8.99. The Kier molecular flexibility index (Phi) is 3.06. The molecule has 1 heterocycles. The second-order valence-electron chi connectivity index (χ2n) is 2.61. The van der Waals surface area contributed by atoms with Crippen molar-refractivity contribution < 1.29 is 5.11 Å². The third-order valence-electron chi connectivity index (χ3n) is 1.39. The molecular formula is C7H10N4OS. The summed E-state index contributed by atoms with van der Waals surface area (Å²) in [6.07, 6.45) is -0.463. The number of nitrogens with one attached hydrogen (secondary N) is 1. The van der Waals surface area contributed by atoms with Crippen LogP contribution in [-0.2, 0) is 0 Å². The number of rotatable bonds is 3. The maximum absolute atomic E-state index is 8.99. The molecule has 5 nitrogen and oxygen atoms in total. The number of nitriles is 1. The monoisotopic (exact) mass is 198 g/mol. The second kappa shape index (κ2) is 4.07. The summed E-state index contributed by atoms with van der Waals surface area (Å²) in [6.45, 7) is 2.04. The third-order valence-corrected chi connectivity index (χ3v) is 2.21. The molecule has 6 heteroatoms. The van der Waals surface area contributed by atoms with Gasteiger partial charge in [0.15, 0.2) is 5.82 Å². The molecule has 0 aromatic carbocycles. The van der Waals surface area contributed by atoms with Gasteiger partial charge in [0, 0.05) is 6.54 Å². The van der Waals surface area contributed by atoms with Gasteiger partial charge in [-0.2, -0.15) is 9.64 Å². The molecule has 1 aromatic heterocycles. The molecule has 0 saturated heterocycles. The molecule has 4 N–H and O–H groups in total. The summed E-state index contributed by atoms with van der Waals surface area (Å²) in [6, 6.07) is 1.95. The van der Waals surface area contributed by atoms with Gasteiger partial charge in [-0.05, 0) is 18.5 Å². The molecule has 1 rings (SSSR count). The van der Waals surface area contributed by atoms with Gasteiger partial charge in [0.1, 0.15) is 16.6 Å². The number of nitrogens with zero attached hydrogens (tertiary/aromatic N) is 2. The van der Waals surface area contributed by atoms with Gasteiger partial charge in [0.05, 0.1) is 6.10 Å². The van der Waals surface area contributed by atoms with Gasteiger partial charge in [-0.1, -0.05) is 0 Å². The van der Waals surface area contributed by atoms with Gasteiger partial charge >= 0.3 is 0 Å². The van der Waals surface area contributed by atoms with E-state index in [1.165, 1.54) is 0 Å². The topological polar surface area (TPSA) is 95.0 Å². The Morgan fingerprint density at radius 3 is 3.08 bits per heavy atom. The first-order valence-corrected chi connectivity index (χ1v) is 4.49. The quantitative estimate of drug-likeness (QED) is 0.653. The summed E-state index contributed by atoms with van der Waals surface area (Å²) in [4.78, 5) is 0. The van der Waals surface area contributed by atoms with Crippen LogP contribution in [0, 0.1) is 11.3 Å². The van der Waals surface area contributed by atoms with Crippen molar-refractivity contribution in [3.8, 4) is 6.07 Å². The molecule has 0 saturated carbocycles. The minimum Gasteiger partial charge on any atom is -0.392 e. The number of nitrogens with two attached hydrogens (primary N) is 1. The summed E-state index contributed by atoms with van der Waals surface area (Å²) in [5.74, 6) is 0.237. The van der Waals surface area contributed by atoms with Crippen LogP contribution < -0.4 is 11.1 Å². The zero-order chi connectivity index (χ0) is 9.84. The number of nitrogen functional groups attached to an aromatic ring is 1. The Hall–Kier alpha value is -1.32. The predicted octanol–water partition coefficient (Wildman–Crippen LogP) is 0.390. The number of anilines is 2. The first kappa shape index (κ1) is 9.77. The van der Waals surface area contributed by atoms with Crippen molar-refractivity contribution in [1.82, 2.24) is 4.37 Å². The van der Waals surface area contributed by atoms with Crippen molar-refractivity contribution in [1.29, 1.82) is 5.26 Å². The van der Waals surface area contributed by atoms with Crippen LogP contribution in [0.15, 0.2) is 0 Å². The molecule has 1 unspecified atom stereocenters. The van der Waals surface area contributed by atoms with Crippen LogP contribution in [-0.4, -0.2) is 22.1 Å². The lowest BCUT2D eigenvalue weighted by atomic mass is 10.3. The minimum absolute atomic E-state index is 0.237. The maximum Gasteiger partial charge on any atom is 0.157 e. The Morgan fingerprint density at radius 2 is 2.54 bits per heavy atom. The fourth-order valence-corrected chi connectivity index (χ4v) is 1.44. The summed E-state index contributed by atoms with van der Waals surface area (Å²) < 4.78 is 3.82. The van der Waals surface area contributed by atoms with Gasteiger partial charge in [-0.3, -0.25) is 0 Å². The highest BCUT2D eigenvalue weighted by Gasteiger charge is 2.10. The Balaban J connectivity index is 2.73. The van der Waals surface area contributed by atoms with Gasteiger partial charge < -0.3 is 16.2 Å². The van der Waals surface area contributed by atoms with E-state index in [0.717, 1.165) is 11.5 Å². The first-order chi connectivity index (χ1) is 6.15. The molecule has 0 amide bonds. The minimum atomic E-state index is -0.463. The van der Waals surface area contributed by atoms with E-state index >= 15 is 0 Å². The first-order valence-electron chi connectivity index (χ1n) is 3.72. The lowest BCUT2D eigenvalue weighted by molar-refractivity contribution is 0.208. The standard InChI is InChI=1S/C7H10N4OS/c1-4(12)3-10-7-5(2-8)6(9)11-13-7/h4,10,12H,3H2,1H3,(H2,9,11). The van der Waals surface area contributed by atoms with Crippen LogP contribution in [0.5, 0.6) is 0 Å². The van der Waals surface area contributed by atoms with Crippen LogP contribution in [0.1, 0.15) is 12.5 Å². The zero-order valence-electron chi connectivity index (χ0n) is 7.11. The summed E-state index contributed by atoms with van der Waals surface area (Å²) in [7, 11) is 0. The van der Waals surface area contributed by atoms with Crippen LogP contribution in [0.4, 0.5) is 10.8 Å². The number of aliphatic hydroxyl groups excluding tert-OH is 1. The Labute approximate surface area is 80.0 Å².